The molecule has 1 heterocycles. The molecular formula is C13H12BrN3O2. The van der Waals surface area contributed by atoms with Crippen LogP contribution in [-0.4, -0.2) is 30.1 Å². The first-order valence-corrected chi connectivity index (χ1v) is 6.31. The molecule has 0 N–H and O–H groups in total. The lowest BCUT2D eigenvalue weighted by Gasteiger charge is -2.20. The highest BCUT2D eigenvalue weighted by Gasteiger charge is 2.15. The van der Waals surface area contributed by atoms with Gasteiger partial charge in [0.25, 0.3) is 0 Å². The fourth-order valence-electron chi connectivity index (χ4n) is 1.65. The van der Waals surface area contributed by atoms with Gasteiger partial charge in [-0.15, -0.1) is 0 Å². The molecule has 1 aromatic carbocycles. The van der Waals surface area contributed by atoms with Crippen molar-refractivity contribution in [3.63, 3.8) is 0 Å². The third kappa shape index (κ3) is 2.90. The molecule has 19 heavy (non-hydrogen) atoms. The van der Waals surface area contributed by atoms with E-state index in [1.165, 1.54) is 7.11 Å². The van der Waals surface area contributed by atoms with E-state index in [9.17, 15) is 4.79 Å². The molecule has 6 heteroatoms. The second-order valence-electron chi connectivity index (χ2n) is 3.77. The van der Waals surface area contributed by atoms with Gasteiger partial charge in [0.05, 0.1) is 30.8 Å². The number of hydrogen-bond donors (Lipinski definition) is 0. The van der Waals surface area contributed by atoms with Gasteiger partial charge in [0.1, 0.15) is 4.60 Å². The van der Waals surface area contributed by atoms with E-state index in [0.717, 1.165) is 0 Å². The van der Waals surface area contributed by atoms with Crippen LogP contribution in [0.3, 0.4) is 0 Å². The zero-order valence-corrected chi connectivity index (χ0v) is 12.1. The Hall–Kier alpha value is -1.95. The quantitative estimate of drug-likeness (QED) is 0.814. The van der Waals surface area contributed by atoms with Crippen molar-refractivity contribution in [3.8, 4) is 0 Å². The van der Waals surface area contributed by atoms with Gasteiger partial charge in [0.2, 0.25) is 0 Å². The van der Waals surface area contributed by atoms with Crippen LogP contribution < -0.4 is 4.90 Å². The predicted octanol–water partition coefficient (Wildman–Crippen LogP) is 2.79. The minimum absolute atomic E-state index is 0.382. The molecule has 2 rings (SSSR count). The van der Waals surface area contributed by atoms with E-state index in [2.05, 4.69) is 25.9 Å². The summed E-state index contributed by atoms with van der Waals surface area (Å²) in [5.41, 5.74) is 1.20. The Balaban J connectivity index is 2.41. The number of methoxy groups -OCH3 is 1. The third-order valence-electron chi connectivity index (χ3n) is 2.62. The molecular weight excluding hydrogens is 310 g/mol. The number of carbonyl (C=O) groups excluding carboxylic acids is 1. The second kappa shape index (κ2) is 5.79. The van der Waals surface area contributed by atoms with Crippen LogP contribution in [0, 0.1) is 0 Å². The first-order chi connectivity index (χ1) is 9.13. The topological polar surface area (TPSA) is 55.3 Å². The maximum Gasteiger partial charge on any atom is 0.339 e. The van der Waals surface area contributed by atoms with E-state index >= 15 is 0 Å². The Labute approximate surface area is 119 Å². The monoisotopic (exact) mass is 321 g/mol. The largest absolute Gasteiger partial charge is 0.465 e. The maximum atomic E-state index is 11.7. The van der Waals surface area contributed by atoms with Gasteiger partial charge in [-0.05, 0) is 28.1 Å². The number of halogens is 1. The van der Waals surface area contributed by atoms with Gasteiger partial charge in [-0.2, -0.15) is 0 Å². The standard InChI is InChI=1S/C13H12BrN3O2/c1-17(12-8-15-11(14)7-16-12)10-6-4-3-5-9(10)13(18)19-2/h3-8H,1-2H3. The highest BCUT2D eigenvalue weighted by atomic mass is 79.9. The highest BCUT2D eigenvalue weighted by molar-refractivity contribution is 9.10. The number of carbonyl (C=O) groups is 1. The summed E-state index contributed by atoms with van der Waals surface area (Å²) in [7, 11) is 3.18. The van der Waals surface area contributed by atoms with Gasteiger partial charge in [0, 0.05) is 7.05 Å². The van der Waals surface area contributed by atoms with E-state index in [1.807, 2.05) is 19.2 Å². The van der Waals surface area contributed by atoms with Crippen molar-refractivity contribution in [2.75, 3.05) is 19.1 Å². The summed E-state index contributed by atoms with van der Waals surface area (Å²) in [6.07, 6.45) is 3.23. The number of esters is 1. The SMILES string of the molecule is COC(=O)c1ccccc1N(C)c1cnc(Br)cn1. The Morgan fingerprint density at radius 1 is 1.26 bits per heavy atom. The van der Waals surface area contributed by atoms with Crippen molar-refractivity contribution >= 4 is 33.4 Å². The Bertz CT molecular complexity index is 587. The smallest absolute Gasteiger partial charge is 0.339 e. The molecule has 0 fully saturated rings. The summed E-state index contributed by atoms with van der Waals surface area (Å²) < 4.78 is 5.43. The molecule has 98 valence electrons. The summed E-state index contributed by atoms with van der Waals surface area (Å²) in [5.74, 6) is 0.257. The summed E-state index contributed by atoms with van der Waals surface area (Å²) in [6, 6.07) is 7.18. The van der Waals surface area contributed by atoms with Gasteiger partial charge in [-0.25, -0.2) is 14.8 Å². The van der Waals surface area contributed by atoms with Crippen molar-refractivity contribution in [1.82, 2.24) is 9.97 Å². The minimum Gasteiger partial charge on any atom is -0.465 e. The number of nitrogens with zero attached hydrogens (tertiary/aromatic N) is 3. The molecule has 0 aliphatic heterocycles. The van der Waals surface area contributed by atoms with Gasteiger partial charge in [-0.1, -0.05) is 12.1 Å². The first-order valence-electron chi connectivity index (χ1n) is 5.52. The molecule has 5 nitrogen and oxygen atoms in total. The number of aromatic nitrogens is 2. The minimum atomic E-state index is -0.382. The van der Waals surface area contributed by atoms with E-state index in [-0.39, 0.29) is 5.97 Å². The molecule has 0 saturated carbocycles. The average Bonchev–Trinajstić information content (AvgIpc) is 2.46. The third-order valence-corrected chi connectivity index (χ3v) is 3.03. The van der Waals surface area contributed by atoms with Crippen LogP contribution in [0.4, 0.5) is 11.5 Å². The molecule has 1 aromatic heterocycles. The Morgan fingerprint density at radius 2 is 2.00 bits per heavy atom. The number of hydrogen-bond acceptors (Lipinski definition) is 5. The lowest BCUT2D eigenvalue weighted by molar-refractivity contribution is 0.0601. The summed E-state index contributed by atoms with van der Waals surface area (Å²) in [5, 5.41) is 0. The molecule has 0 aliphatic carbocycles. The fourth-order valence-corrected chi connectivity index (χ4v) is 1.86. The van der Waals surface area contributed by atoms with Crippen molar-refractivity contribution in [2.45, 2.75) is 0 Å². The van der Waals surface area contributed by atoms with Gasteiger partial charge < -0.3 is 9.64 Å². The number of ether oxygens (including phenoxy) is 1. The molecule has 0 aliphatic rings. The normalized spacial score (nSPS) is 10.1. The number of anilines is 2. The summed E-state index contributed by atoms with van der Waals surface area (Å²) in [6.45, 7) is 0. The van der Waals surface area contributed by atoms with Gasteiger partial charge in [0.15, 0.2) is 5.82 Å². The van der Waals surface area contributed by atoms with Crippen LogP contribution >= 0.6 is 15.9 Å². The Morgan fingerprint density at radius 3 is 2.63 bits per heavy atom. The van der Waals surface area contributed by atoms with Crippen molar-refractivity contribution in [3.05, 3.63) is 46.8 Å². The molecule has 0 atom stereocenters. The molecule has 0 amide bonds. The lowest BCUT2D eigenvalue weighted by Crippen LogP contribution is -2.16. The van der Waals surface area contributed by atoms with Crippen molar-refractivity contribution in [2.24, 2.45) is 0 Å². The second-order valence-corrected chi connectivity index (χ2v) is 4.58. The van der Waals surface area contributed by atoms with E-state index in [1.54, 1.807) is 29.4 Å². The maximum absolute atomic E-state index is 11.7. The number of para-hydroxylation sites is 1. The van der Waals surface area contributed by atoms with Crippen LogP contribution in [0.2, 0.25) is 0 Å². The van der Waals surface area contributed by atoms with Gasteiger partial charge >= 0.3 is 5.97 Å². The zero-order valence-electron chi connectivity index (χ0n) is 10.5. The van der Waals surface area contributed by atoms with Crippen LogP contribution in [0.25, 0.3) is 0 Å². The predicted molar refractivity (Wildman–Crippen MR) is 75.6 cm³/mol. The van der Waals surface area contributed by atoms with Crippen LogP contribution in [0.15, 0.2) is 41.3 Å². The summed E-state index contributed by atoms with van der Waals surface area (Å²) in [4.78, 5) is 21.9. The molecule has 0 bridgehead atoms. The van der Waals surface area contributed by atoms with Crippen LogP contribution in [0.5, 0.6) is 0 Å². The number of rotatable bonds is 3. The van der Waals surface area contributed by atoms with E-state index in [0.29, 0.717) is 21.7 Å². The highest BCUT2D eigenvalue weighted by Crippen LogP contribution is 2.25. The molecule has 0 radical (unpaired) electrons. The van der Waals surface area contributed by atoms with Crippen LogP contribution in [-0.2, 0) is 4.74 Å². The zero-order chi connectivity index (χ0) is 13.8. The van der Waals surface area contributed by atoms with Crippen molar-refractivity contribution in [1.29, 1.82) is 0 Å². The number of benzene rings is 1. The van der Waals surface area contributed by atoms with Crippen LogP contribution in [0.1, 0.15) is 10.4 Å². The van der Waals surface area contributed by atoms with E-state index < -0.39 is 0 Å². The fraction of sp³-hybridized carbons (Fsp3) is 0.154. The molecule has 0 spiro atoms. The van der Waals surface area contributed by atoms with E-state index in [4.69, 9.17) is 4.74 Å². The molecule has 0 unspecified atom stereocenters. The molecule has 2 aromatic rings. The van der Waals surface area contributed by atoms with Gasteiger partial charge in [-0.3, -0.25) is 0 Å². The average molecular weight is 322 g/mol. The Kier molecular flexibility index (Phi) is 4.11. The van der Waals surface area contributed by atoms with Crippen molar-refractivity contribution < 1.29 is 9.53 Å². The lowest BCUT2D eigenvalue weighted by atomic mass is 10.1. The summed E-state index contributed by atoms with van der Waals surface area (Å²) >= 11 is 3.23. The molecule has 0 saturated heterocycles. The first kappa shape index (κ1) is 13.5.